The average Bonchev–Trinajstić information content (AvgIpc) is 2.62. The van der Waals surface area contributed by atoms with Gasteiger partial charge >= 0.3 is 0 Å². The Bertz CT molecular complexity index is 571. The zero-order chi connectivity index (χ0) is 18.8. The van der Waals surface area contributed by atoms with Crippen molar-refractivity contribution in [3.63, 3.8) is 0 Å². The molecule has 0 radical (unpaired) electrons. The van der Waals surface area contributed by atoms with Crippen molar-refractivity contribution < 1.29 is 4.79 Å². The molecule has 0 saturated carbocycles. The number of nitrogens with one attached hydrogen (secondary N) is 2. The molecule has 2 N–H and O–H groups in total. The number of hydrogen-bond acceptors (Lipinski definition) is 3. The third-order valence-corrected chi connectivity index (χ3v) is 4.31. The molecule has 1 aliphatic heterocycles. The summed E-state index contributed by atoms with van der Waals surface area (Å²) >= 11 is 0. The second-order valence-electron chi connectivity index (χ2n) is 6.96. The van der Waals surface area contributed by atoms with Gasteiger partial charge in [0.05, 0.1) is 6.54 Å². The lowest BCUT2D eigenvalue weighted by Gasteiger charge is -2.36. The van der Waals surface area contributed by atoms with Crippen LogP contribution in [-0.2, 0) is 11.3 Å². The van der Waals surface area contributed by atoms with E-state index in [4.69, 9.17) is 0 Å². The Morgan fingerprint density at radius 1 is 1.15 bits per heavy atom. The molecule has 0 aliphatic carbocycles. The molecular formula is C20H34IN5O. The second kappa shape index (κ2) is 12.9. The quantitative estimate of drug-likeness (QED) is 0.352. The van der Waals surface area contributed by atoms with E-state index in [9.17, 15) is 4.79 Å². The molecule has 1 aliphatic rings. The Morgan fingerprint density at radius 2 is 1.81 bits per heavy atom. The zero-order valence-corrected chi connectivity index (χ0v) is 19.1. The van der Waals surface area contributed by atoms with E-state index in [1.54, 1.807) is 0 Å². The Morgan fingerprint density at radius 3 is 2.41 bits per heavy atom. The number of halogens is 1. The third-order valence-electron chi connectivity index (χ3n) is 4.31. The summed E-state index contributed by atoms with van der Waals surface area (Å²) in [5.74, 6) is 0.983. The molecule has 1 aromatic rings. The maximum Gasteiger partial charge on any atom is 0.222 e. The third kappa shape index (κ3) is 8.92. The molecule has 1 heterocycles. The number of hydrogen-bond donors (Lipinski definition) is 2. The number of rotatable bonds is 7. The fourth-order valence-corrected chi connectivity index (χ4v) is 3.04. The van der Waals surface area contributed by atoms with Crippen LogP contribution in [0.5, 0.6) is 0 Å². The molecule has 0 unspecified atom stereocenters. The molecule has 0 aromatic heterocycles. The first-order chi connectivity index (χ1) is 12.6. The smallest absolute Gasteiger partial charge is 0.222 e. The molecule has 2 rings (SSSR count). The van der Waals surface area contributed by atoms with Gasteiger partial charge in [-0.15, -0.1) is 24.0 Å². The van der Waals surface area contributed by atoms with Crippen LogP contribution in [0.15, 0.2) is 35.3 Å². The van der Waals surface area contributed by atoms with Gasteiger partial charge in [0.1, 0.15) is 0 Å². The molecule has 1 amide bonds. The van der Waals surface area contributed by atoms with E-state index in [2.05, 4.69) is 62.7 Å². The minimum absolute atomic E-state index is 0. The highest BCUT2D eigenvalue weighted by molar-refractivity contribution is 14.0. The summed E-state index contributed by atoms with van der Waals surface area (Å²) in [7, 11) is 0. The Balaban J connectivity index is 0.00000364. The number of carbonyl (C=O) groups excluding carboxylic acids is 1. The maximum atomic E-state index is 11.8. The standard InChI is InChI=1S/C20H33N5O.HI/c1-4-21-20(22-11-10-19(26)23-17(2)3)25-14-12-24(13-15-25)16-18-8-6-5-7-9-18;/h5-9,17H,4,10-16H2,1-3H3,(H,21,22)(H,23,26);1H. The highest BCUT2D eigenvalue weighted by atomic mass is 127. The zero-order valence-electron chi connectivity index (χ0n) is 16.8. The van der Waals surface area contributed by atoms with Crippen LogP contribution in [0, 0.1) is 0 Å². The molecule has 7 heteroatoms. The van der Waals surface area contributed by atoms with Gasteiger partial charge < -0.3 is 15.5 Å². The lowest BCUT2D eigenvalue weighted by molar-refractivity contribution is -0.121. The van der Waals surface area contributed by atoms with Crippen molar-refractivity contribution >= 4 is 35.8 Å². The Labute approximate surface area is 180 Å². The van der Waals surface area contributed by atoms with Crippen molar-refractivity contribution in [2.24, 2.45) is 4.99 Å². The first-order valence-corrected chi connectivity index (χ1v) is 9.67. The van der Waals surface area contributed by atoms with Gasteiger partial charge in [-0.25, -0.2) is 0 Å². The largest absolute Gasteiger partial charge is 0.357 e. The van der Waals surface area contributed by atoms with Gasteiger partial charge in [-0.2, -0.15) is 0 Å². The summed E-state index contributed by atoms with van der Waals surface area (Å²) in [6.45, 7) is 12.3. The lowest BCUT2D eigenvalue weighted by Crippen LogP contribution is -2.52. The minimum Gasteiger partial charge on any atom is -0.357 e. The van der Waals surface area contributed by atoms with Crippen LogP contribution in [0.1, 0.15) is 32.8 Å². The molecule has 1 saturated heterocycles. The van der Waals surface area contributed by atoms with E-state index < -0.39 is 0 Å². The van der Waals surface area contributed by atoms with Gasteiger partial charge in [0.25, 0.3) is 0 Å². The molecule has 0 spiro atoms. The molecule has 152 valence electrons. The van der Waals surface area contributed by atoms with Crippen molar-refractivity contribution in [1.29, 1.82) is 0 Å². The number of carbonyl (C=O) groups is 1. The van der Waals surface area contributed by atoms with Crippen molar-refractivity contribution in [2.45, 2.75) is 39.8 Å². The lowest BCUT2D eigenvalue weighted by atomic mass is 10.2. The Kier molecular flexibility index (Phi) is 11.3. The topological polar surface area (TPSA) is 60.0 Å². The summed E-state index contributed by atoms with van der Waals surface area (Å²) in [6.07, 6.45) is 0.432. The first kappa shape index (κ1) is 23.7. The van der Waals surface area contributed by atoms with Crippen LogP contribution < -0.4 is 10.6 Å². The average molecular weight is 487 g/mol. The van der Waals surface area contributed by atoms with E-state index >= 15 is 0 Å². The monoisotopic (exact) mass is 487 g/mol. The van der Waals surface area contributed by atoms with Crippen molar-refractivity contribution in [1.82, 2.24) is 20.4 Å². The molecule has 0 atom stereocenters. The number of nitrogens with zero attached hydrogens (tertiary/aromatic N) is 3. The molecular weight excluding hydrogens is 453 g/mol. The molecule has 0 bridgehead atoms. The van der Waals surface area contributed by atoms with Crippen LogP contribution in [0.25, 0.3) is 0 Å². The van der Waals surface area contributed by atoms with Crippen LogP contribution in [0.2, 0.25) is 0 Å². The van der Waals surface area contributed by atoms with Crippen LogP contribution in [-0.4, -0.2) is 67.0 Å². The highest BCUT2D eigenvalue weighted by Crippen LogP contribution is 2.08. The first-order valence-electron chi connectivity index (χ1n) is 9.67. The highest BCUT2D eigenvalue weighted by Gasteiger charge is 2.19. The number of aliphatic imine (C=N–C) groups is 1. The normalized spacial score (nSPS) is 15.4. The van der Waals surface area contributed by atoms with Crippen LogP contribution in [0.4, 0.5) is 0 Å². The van der Waals surface area contributed by atoms with Crippen molar-refractivity contribution in [3.8, 4) is 0 Å². The van der Waals surface area contributed by atoms with Gasteiger partial charge in [-0.3, -0.25) is 14.7 Å². The Hall–Kier alpha value is -1.35. The number of piperazine rings is 1. The predicted octanol–water partition coefficient (Wildman–Crippen LogP) is 2.30. The van der Waals surface area contributed by atoms with E-state index in [1.165, 1.54) is 5.56 Å². The van der Waals surface area contributed by atoms with Gasteiger partial charge in [0, 0.05) is 51.7 Å². The van der Waals surface area contributed by atoms with Gasteiger partial charge in [-0.05, 0) is 26.3 Å². The van der Waals surface area contributed by atoms with Gasteiger partial charge in [0.15, 0.2) is 5.96 Å². The van der Waals surface area contributed by atoms with Crippen LogP contribution in [0.3, 0.4) is 0 Å². The number of benzene rings is 1. The fourth-order valence-electron chi connectivity index (χ4n) is 3.04. The number of guanidine groups is 1. The SMILES string of the molecule is CCNC(=NCCC(=O)NC(C)C)N1CCN(Cc2ccccc2)CC1.I. The van der Waals surface area contributed by atoms with E-state index in [0.29, 0.717) is 13.0 Å². The van der Waals surface area contributed by atoms with Crippen molar-refractivity contribution in [3.05, 3.63) is 35.9 Å². The predicted molar refractivity (Wildman–Crippen MR) is 123 cm³/mol. The molecule has 27 heavy (non-hydrogen) atoms. The second-order valence-corrected chi connectivity index (χ2v) is 6.96. The van der Waals surface area contributed by atoms with E-state index in [0.717, 1.165) is 45.2 Å². The number of amides is 1. The van der Waals surface area contributed by atoms with Crippen LogP contribution >= 0.6 is 24.0 Å². The molecule has 1 fully saturated rings. The molecule has 1 aromatic carbocycles. The van der Waals surface area contributed by atoms with Crippen molar-refractivity contribution in [2.75, 3.05) is 39.3 Å². The summed E-state index contributed by atoms with van der Waals surface area (Å²) in [5.41, 5.74) is 1.36. The van der Waals surface area contributed by atoms with Gasteiger partial charge in [-0.1, -0.05) is 30.3 Å². The van der Waals surface area contributed by atoms with Gasteiger partial charge in [0.2, 0.25) is 5.91 Å². The summed E-state index contributed by atoms with van der Waals surface area (Å²) in [4.78, 5) is 21.2. The fraction of sp³-hybridized carbons (Fsp3) is 0.600. The summed E-state index contributed by atoms with van der Waals surface area (Å²) in [5, 5.41) is 6.27. The summed E-state index contributed by atoms with van der Waals surface area (Å²) in [6, 6.07) is 10.8. The maximum absolute atomic E-state index is 11.8. The van der Waals surface area contributed by atoms with E-state index in [-0.39, 0.29) is 35.9 Å². The van der Waals surface area contributed by atoms with E-state index in [1.807, 2.05) is 13.8 Å². The minimum atomic E-state index is 0. The summed E-state index contributed by atoms with van der Waals surface area (Å²) < 4.78 is 0. The molecule has 6 nitrogen and oxygen atoms in total.